The van der Waals surface area contributed by atoms with E-state index in [1.807, 2.05) is 60.7 Å². The second-order valence-electron chi connectivity index (χ2n) is 7.11. The maximum atomic E-state index is 13.2. The van der Waals surface area contributed by atoms with E-state index in [1.54, 1.807) is 14.1 Å². The van der Waals surface area contributed by atoms with E-state index >= 15 is 0 Å². The zero-order valence-corrected chi connectivity index (χ0v) is 16.5. The Morgan fingerprint density at radius 3 is 2.03 bits per heavy atom. The fourth-order valence-electron chi connectivity index (χ4n) is 4.66. The first kappa shape index (κ1) is 18.8. The summed E-state index contributed by atoms with van der Waals surface area (Å²) in [6.45, 7) is -0.308. The van der Waals surface area contributed by atoms with Crippen LogP contribution in [0.1, 0.15) is 11.1 Å². The van der Waals surface area contributed by atoms with Gasteiger partial charge in [0.05, 0.1) is 7.11 Å². The van der Waals surface area contributed by atoms with E-state index in [1.165, 1.54) is 21.8 Å². The number of urea groups is 2. The Morgan fingerprint density at radius 2 is 1.48 bits per heavy atom. The van der Waals surface area contributed by atoms with Crippen LogP contribution in [0.3, 0.4) is 0 Å². The van der Waals surface area contributed by atoms with Gasteiger partial charge in [0.15, 0.2) is 11.3 Å². The van der Waals surface area contributed by atoms with Gasteiger partial charge in [0.2, 0.25) is 0 Å². The number of hydrogen-bond donors (Lipinski definition) is 1. The van der Waals surface area contributed by atoms with E-state index in [0.29, 0.717) is 5.56 Å². The van der Waals surface area contributed by atoms with Crippen LogP contribution in [0, 0.1) is 0 Å². The highest BCUT2D eigenvalue weighted by molar-refractivity contribution is 5.91. The lowest BCUT2D eigenvalue weighted by molar-refractivity contribution is -0.144. The maximum absolute atomic E-state index is 13.2. The van der Waals surface area contributed by atoms with Gasteiger partial charge in [-0.3, -0.25) is 19.5 Å². The number of ether oxygens (including phenoxy) is 1. The number of nitrogens with one attached hydrogen (secondary N) is 1. The summed E-state index contributed by atoms with van der Waals surface area (Å²) in [6, 6.07) is 17.8. The molecule has 0 saturated carbocycles. The molecule has 2 heterocycles. The molecule has 2 aliphatic heterocycles. The zero-order chi connectivity index (χ0) is 20.8. The fourth-order valence-corrected chi connectivity index (χ4v) is 4.66. The largest absolute Gasteiger partial charge is 0.468 e. The number of carbonyl (C=O) groups excluding carboxylic acids is 3. The first-order valence-electron chi connectivity index (χ1n) is 9.20. The molecule has 2 fully saturated rings. The third-order valence-corrected chi connectivity index (χ3v) is 5.87. The van der Waals surface area contributed by atoms with Gasteiger partial charge >= 0.3 is 18.0 Å². The first-order valence-corrected chi connectivity index (χ1v) is 9.20. The molecule has 0 radical (unpaired) electrons. The molecule has 0 spiro atoms. The smallest absolute Gasteiger partial charge is 0.325 e. The summed E-state index contributed by atoms with van der Waals surface area (Å²) in [5.74, 6) is -0.574. The van der Waals surface area contributed by atoms with Crippen LogP contribution >= 0.6 is 0 Å². The molecule has 0 aromatic heterocycles. The summed E-state index contributed by atoms with van der Waals surface area (Å²) in [4.78, 5) is 43.1. The standard InChI is InChI=1S/C21H22N4O4/c1-23-19(28)24(2)21(16-12-8-5-9-13-16)20(23,15-10-6-4-7-11-15)22-18(27)25(21)14-17(26)29-3/h4-13H,14H2,1-3H3,(H,22,27)/t20-,21+/m0/s1. The quantitative estimate of drug-likeness (QED) is 0.803. The van der Waals surface area contributed by atoms with Crippen molar-refractivity contribution in [2.45, 2.75) is 11.3 Å². The van der Waals surface area contributed by atoms with Gasteiger partial charge in [-0.2, -0.15) is 0 Å². The normalized spacial score (nSPS) is 25.8. The Labute approximate surface area is 168 Å². The number of nitrogens with zero attached hydrogens (tertiary/aromatic N) is 3. The lowest BCUT2D eigenvalue weighted by atomic mass is 9.80. The zero-order valence-electron chi connectivity index (χ0n) is 16.5. The average Bonchev–Trinajstić information content (AvgIpc) is 3.11. The van der Waals surface area contributed by atoms with Crippen LogP contribution in [0.2, 0.25) is 0 Å². The van der Waals surface area contributed by atoms with E-state index in [-0.39, 0.29) is 12.6 Å². The van der Waals surface area contributed by atoms with E-state index in [9.17, 15) is 14.4 Å². The summed E-state index contributed by atoms with van der Waals surface area (Å²) in [5.41, 5.74) is -1.12. The van der Waals surface area contributed by atoms with Crippen molar-refractivity contribution < 1.29 is 19.1 Å². The minimum absolute atomic E-state index is 0.285. The van der Waals surface area contributed by atoms with Crippen molar-refractivity contribution >= 4 is 18.0 Å². The van der Waals surface area contributed by atoms with Crippen molar-refractivity contribution in [1.82, 2.24) is 20.0 Å². The van der Waals surface area contributed by atoms with Crippen LogP contribution < -0.4 is 5.32 Å². The molecule has 0 unspecified atom stereocenters. The molecule has 2 saturated heterocycles. The van der Waals surface area contributed by atoms with Gasteiger partial charge in [0.25, 0.3) is 0 Å². The van der Waals surface area contributed by atoms with E-state index < -0.39 is 23.3 Å². The number of rotatable bonds is 4. The van der Waals surface area contributed by atoms with E-state index in [4.69, 9.17) is 4.74 Å². The van der Waals surface area contributed by atoms with E-state index in [2.05, 4.69) is 5.32 Å². The molecule has 150 valence electrons. The predicted octanol–water partition coefficient (Wildman–Crippen LogP) is 1.89. The summed E-state index contributed by atoms with van der Waals surface area (Å²) in [7, 11) is 4.56. The molecule has 29 heavy (non-hydrogen) atoms. The topological polar surface area (TPSA) is 82.2 Å². The SMILES string of the molecule is COC(=O)CN1C(=O)N[C@@]2(c3ccccc3)N(C)C(=O)N(C)[C@]12c1ccccc1. The van der Waals surface area contributed by atoms with Crippen molar-refractivity contribution in [2.75, 3.05) is 27.7 Å². The van der Waals surface area contributed by atoms with Crippen molar-refractivity contribution in [3.8, 4) is 0 Å². The van der Waals surface area contributed by atoms with Gasteiger partial charge in [-0.15, -0.1) is 0 Å². The number of methoxy groups -OCH3 is 1. The Balaban J connectivity index is 2.07. The summed E-state index contributed by atoms with van der Waals surface area (Å²) >= 11 is 0. The van der Waals surface area contributed by atoms with Crippen LogP contribution in [-0.2, 0) is 20.9 Å². The third-order valence-electron chi connectivity index (χ3n) is 5.87. The molecule has 4 rings (SSSR count). The maximum Gasteiger partial charge on any atom is 0.325 e. The number of hydrogen-bond acceptors (Lipinski definition) is 4. The van der Waals surface area contributed by atoms with Gasteiger partial charge in [-0.05, 0) is 0 Å². The molecule has 2 aliphatic rings. The van der Waals surface area contributed by atoms with E-state index in [0.717, 1.165) is 5.56 Å². The number of carbonyl (C=O) groups is 3. The van der Waals surface area contributed by atoms with Gasteiger partial charge in [-0.25, -0.2) is 9.59 Å². The van der Waals surface area contributed by atoms with Crippen molar-refractivity contribution in [1.29, 1.82) is 0 Å². The van der Waals surface area contributed by atoms with Gasteiger partial charge in [-0.1, -0.05) is 60.7 Å². The van der Waals surface area contributed by atoms with Crippen molar-refractivity contribution in [3.05, 3.63) is 71.8 Å². The van der Waals surface area contributed by atoms with Crippen LogP contribution in [0.15, 0.2) is 60.7 Å². The van der Waals surface area contributed by atoms with Crippen molar-refractivity contribution in [3.63, 3.8) is 0 Å². The van der Waals surface area contributed by atoms with Gasteiger partial charge < -0.3 is 10.1 Å². The van der Waals surface area contributed by atoms with Crippen LogP contribution in [0.5, 0.6) is 0 Å². The molecule has 2 aromatic carbocycles. The first-order chi connectivity index (χ1) is 13.9. The highest BCUT2D eigenvalue weighted by Gasteiger charge is 2.75. The molecular weight excluding hydrogens is 372 g/mol. The molecule has 0 aliphatic carbocycles. The summed E-state index contributed by atoms with van der Waals surface area (Å²) in [5, 5.41) is 3.02. The Bertz CT molecular complexity index is 967. The highest BCUT2D eigenvalue weighted by Crippen LogP contribution is 2.56. The van der Waals surface area contributed by atoms with Crippen LogP contribution in [0.25, 0.3) is 0 Å². The molecule has 8 heteroatoms. The lowest BCUT2D eigenvalue weighted by Crippen LogP contribution is -2.62. The molecule has 0 bridgehead atoms. The number of fused-ring (bicyclic) bond motifs is 1. The number of likely N-dealkylation sites (N-methyl/N-ethyl adjacent to an activating group) is 2. The second-order valence-corrected chi connectivity index (χ2v) is 7.11. The number of esters is 1. The minimum Gasteiger partial charge on any atom is -0.468 e. The van der Waals surface area contributed by atoms with Crippen LogP contribution in [-0.4, -0.2) is 60.5 Å². The van der Waals surface area contributed by atoms with Crippen molar-refractivity contribution in [2.24, 2.45) is 0 Å². The monoisotopic (exact) mass is 394 g/mol. The molecule has 2 aromatic rings. The Morgan fingerprint density at radius 1 is 0.931 bits per heavy atom. The fraction of sp³-hybridized carbons (Fsp3) is 0.286. The minimum atomic E-state index is -1.30. The number of amides is 4. The molecule has 8 nitrogen and oxygen atoms in total. The highest BCUT2D eigenvalue weighted by atomic mass is 16.5. The molecule has 1 N–H and O–H groups in total. The molecule has 4 amide bonds. The lowest BCUT2D eigenvalue weighted by Gasteiger charge is -2.46. The van der Waals surface area contributed by atoms with Gasteiger partial charge in [0.1, 0.15) is 6.54 Å². The average molecular weight is 394 g/mol. The predicted molar refractivity (Wildman–Crippen MR) is 104 cm³/mol. The second kappa shape index (κ2) is 6.51. The van der Waals surface area contributed by atoms with Crippen LogP contribution in [0.4, 0.5) is 9.59 Å². The Kier molecular flexibility index (Phi) is 4.22. The molecule has 2 atom stereocenters. The Hall–Kier alpha value is -3.55. The van der Waals surface area contributed by atoms with Gasteiger partial charge in [0, 0.05) is 25.2 Å². The third kappa shape index (κ3) is 2.22. The summed E-state index contributed by atoms with van der Waals surface area (Å²) in [6.07, 6.45) is 0. The number of benzene rings is 2. The summed E-state index contributed by atoms with van der Waals surface area (Å²) < 4.78 is 4.84. The molecular formula is C21H22N4O4.